The highest BCUT2D eigenvalue weighted by atomic mass is 35.5. The molecule has 0 bridgehead atoms. The van der Waals surface area contributed by atoms with Gasteiger partial charge in [-0.15, -0.1) is 0 Å². The minimum atomic E-state index is -0.0818. The van der Waals surface area contributed by atoms with E-state index < -0.39 is 0 Å². The van der Waals surface area contributed by atoms with Gasteiger partial charge in [-0.3, -0.25) is 9.97 Å². The molecule has 3 N–H and O–H groups in total. The van der Waals surface area contributed by atoms with Gasteiger partial charge < -0.3 is 11.1 Å². The Balaban J connectivity index is 1.56. The molecule has 2 aromatic carbocycles. The Morgan fingerprint density at radius 2 is 1.62 bits per heavy atom. The molecule has 0 fully saturated rings. The van der Waals surface area contributed by atoms with Crippen LogP contribution in [0.4, 0.5) is 5.82 Å². The highest BCUT2D eigenvalue weighted by molar-refractivity contribution is 6.33. The molecule has 0 radical (unpaired) electrons. The van der Waals surface area contributed by atoms with Crippen LogP contribution in [0.15, 0.2) is 91.4 Å². The van der Waals surface area contributed by atoms with Crippen LogP contribution in [-0.4, -0.2) is 32.5 Å². The number of rotatable bonds is 7. The number of nitrogens with two attached hydrogens (primary N) is 1. The van der Waals surface area contributed by atoms with Crippen molar-refractivity contribution in [2.45, 2.75) is 12.5 Å². The summed E-state index contributed by atoms with van der Waals surface area (Å²) in [6, 6.07) is 23.5. The van der Waals surface area contributed by atoms with E-state index in [0.29, 0.717) is 28.9 Å². The van der Waals surface area contributed by atoms with Crippen molar-refractivity contribution in [1.82, 2.24) is 19.9 Å². The first-order valence-electron chi connectivity index (χ1n) is 11.0. The lowest BCUT2D eigenvalue weighted by atomic mass is 10.1. The monoisotopic (exact) mass is 466 g/mol. The maximum Gasteiger partial charge on any atom is 0.162 e. The Morgan fingerprint density at radius 1 is 0.853 bits per heavy atom. The average Bonchev–Trinajstić information content (AvgIpc) is 2.88. The fraction of sp³-hybridized carbons (Fsp3) is 0.111. The number of pyridine rings is 2. The van der Waals surface area contributed by atoms with Gasteiger partial charge >= 0.3 is 0 Å². The van der Waals surface area contributed by atoms with E-state index in [4.69, 9.17) is 27.3 Å². The summed E-state index contributed by atoms with van der Waals surface area (Å²) >= 11 is 6.51. The summed E-state index contributed by atoms with van der Waals surface area (Å²) in [6.07, 6.45) is 5.97. The molecule has 0 aliphatic heterocycles. The molecule has 0 saturated carbocycles. The highest BCUT2D eigenvalue weighted by Gasteiger charge is 2.16. The van der Waals surface area contributed by atoms with Gasteiger partial charge in [-0.05, 0) is 36.2 Å². The Bertz CT molecular complexity index is 1410. The van der Waals surface area contributed by atoms with Crippen LogP contribution in [0.3, 0.4) is 0 Å². The third-order valence-corrected chi connectivity index (χ3v) is 5.88. The molecule has 0 amide bonds. The van der Waals surface area contributed by atoms with E-state index in [1.54, 1.807) is 18.6 Å². The Labute approximate surface area is 202 Å². The van der Waals surface area contributed by atoms with Crippen molar-refractivity contribution in [2.24, 2.45) is 5.73 Å². The molecule has 168 valence electrons. The molecule has 0 unspecified atom stereocenters. The van der Waals surface area contributed by atoms with E-state index in [1.807, 2.05) is 60.7 Å². The fourth-order valence-corrected chi connectivity index (χ4v) is 4.11. The number of benzene rings is 2. The lowest BCUT2D eigenvalue weighted by molar-refractivity contribution is 0.698. The van der Waals surface area contributed by atoms with E-state index in [1.165, 1.54) is 5.56 Å². The lowest BCUT2D eigenvalue weighted by Gasteiger charge is -2.16. The Morgan fingerprint density at radius 3 is 2.41 bits per heavy atom. The van der Waals surface area contributed by atoms with Crippen molar-refractivity contribution in [2.75, 3.05) is 11.9 Å². The molecule has 0 aliphatic carbocycles. The molecule has 3 heterocycles. The van der Waals surface area contributed by atoms with Gasteiger partial charge in [0.05, 0.1) is 10.7 Å². The first-order chi connectivity index (χ1) is 16.7. The van der Waals surface area contributed by atoms with E-state index in [2.05, 4.69) is 27.4 Å². The smallest absolute Gasteiger partial charge is 0.162 e. The molecule has 3 aromatic heterocycles. The number of nitrogens with zero attached hydrogens (tertiary/aromatic N) is 4. The second-order valence-corrected chi connectivity index (χ2v) is 8.41. The molecule has 6 nitrogen and oxygen atoms in total. The largest absolute Gasteiger partial charge is 0.368 e. The fourth-order valence-electron chi connectivity index (χ4n) is 3.89. The summed E-state index contributed by atoms with van der Waals surface area (Å²) in [4.78, 5) is 18.5. The van der Waals surface area contributed by atoms with E-state index >= 15 is 0 Å². The summed E-state index contributed by atoms with van der Waals surface area (Å²) in [6.45, 7) is 0.556. The number of halogens is 1. The van der Waals surface area contributed by atoms with Crippen molar-refractivity contribution < 1.29 is 0 Å². The van der Waals surface area contributed by atoms with Crippen molar-refractivity contribution in [3.8, 4) is 22.6 Å². The topological polar surface area (TPSA) is 89.6 Å². The molecule has 0 aliphatic rings. The zero-order valence-corrected chi connectivity index (χ0v) is 19.2. The zero-order chi connectivity index (χ0) is 23.3. The SMILES string of the molecule is N[C@H](CNc1nc(-c2ccncc2)nc2c(-c3ccccc3Cl)nccc12)Cc1ccccc1. The van der Waals surface area contributed by atoms with E-state index in [0.717, 1.165) is 28.5 Å². The number of nitrogens with one attached hydrogen (secondary N) is 1. The molecular weight excluding hydrogens is 444 g/mol. The minimum Gasteiger partial charge on any atom is -0.368 e. The number of hydrogen-bond donors (Lipinski definition) is 2. The maximum absolute atomic E-state index is 6.51. The zero-order valence-electron chi connectivity index (χ0n) is 18.4. The Hall–Kier alpha value is -3.87. The molecule has 7 heteroatoms. The quantitative estimate of drug-likeness (QED) is 0.334. The molecule has 34 heavy (non-hydrogen) atoms. The van der Waals surface area contributed by atoms with Gasteiger partial charge in [0.15, 0.2) is 5.82 Å². The molecule has 0 saturated heterocycles. The predicted octanol–water partition coefficient (Wildman–Crippen LogP) is 5.39. The first kappa shape index (κ1) is 21.9. The van der Waals surface area contributed by atoms with Crippen LogP contribution in [0.2, 0.25) is 5.02 Å². The summed E-state index contributed by atoms with van der Waals surface area (Å²) in [5.41, 5.74) is 10.8. The molecule has 1 atom stereocenters. The van der Waals surface area contributed by atoms with Gasteiger partial charge in [0.2, 0.25) is 0 Å². The standard InChI is InChI=1S/C27H23ClN6/c28-23-9-5-4-8-21(23)24-25-22(12-15-31-24)27(34-26(33-25)19-10-13-30-14-11-19)32-17-20(29)16-18-6-2-1-3-7-18/h1-15,20H,16-17,29H2,(H,32,33,34)/t20-/m0/s1. The van der Waals surface area contributed by atoms with Gasteiger partial charge in [-0.1, -0.05) is 60.1 Å². The summed E-state index contributed by atoms with van der Waals surface area (Å²) in [5, 5.41) is 4.93. The van der Waals surface area contributed by atoms with E-state index in [9.17, 15) is 0 Å². The normalized spacial score (nSPS) is 11.9. The van der Waals surface area contributed by atoms with Crippen molar-refractivity contribution >= 4 is 28.3 Å². The van der Waals surface area contributed by atoms with Crippen LogP contribution in [0.1, 0.15) is 5.56 Å². The third kappa shape index (κ3) is 4.73. The number of hydrogen-bond acceptors (Lipinski definition) is 6. The van der Waals surface area contributed by atoms with Gasteiger partial charge in [0.1, 0.15) is 11.3 Å². The van der Waals surface area contributed by atoms with Gasteiger partial charge in [0.25, 0.3) is 0 Å². The highest BCUT2D eigenvalue weighted by Crippen LogP contribution is 2.34. The van der Waals surface area contributed by atoms with Crippen molar-refractivity contribution in [1.29, 1.82) is 0 Å². The summed E-state index contributed by atoms with van der Waals surface area (Å²) in [5.74, 6) is 1.28. The van der Waals surface area contributed by atoms with Gasteiger partial charge in [-0.25, -0.2) is 9.97 Å². The minimum absolute atomic E-state index is 0.0818. The van der Waals surface area contributed by atoms with Crippen LogP contribution in [-0.2, 0) is 6.42 Å². The molecular formula is C27H23ClN6. The van der Waals surface area contributed by atoms with Crippen LogP contribution in [0, 0.1) is 0 Å². The molecule has 5 rings (SSSR count). The van der Waals surface area contributed by atoms with Crippen LogP contribution < -0.4 is 11.1 Å². The predicted molar refractivity (Wildman–Crippen MR) is 138 cm³/mol. The first-order valence-corrected chi connectivity index (χ1v) is 11.4. The van der Waals surface area contributed by atoms with Crippen LogP contribution in [0.5, 0.6) is 0 Å². The average molecular weight is 467 g/mol. The van der Waals surface area contributed by atoms with Crippen LogP contribution in [0.25, 0.3) is 33.5 Å². The number of anilines is 1. The van der Waals surface area contributed by atoms with Crippen molar-refractivity contribution in [3.05, 3.63) is 102 Å². The number of fused-ring (bicyclic) bond motifs is 1. The summed E-state index contributed by atoms with van der Waals surface area (Å²) in [7, 11) is 0. The maximum atomic E-state index is 6.51. The van der Waals surface area contributed by atoms with Gasteiger partial charge in [0, 0.05) is 47.7 Å². The number of aromatic nitrogens is 4. The molecule has 5 aromatic rings. The second kappa shape index (κ2) is 9.95. The third-order valence-electron chi connectivity index (χ3n) is 5.55. The molecule has 0 spiro atoms. The van der Waals surface area contributed by atoms with E-state index in [-0.39, 0.29) is 6.04 Å². The Kier molecular flexibility index (Phi) is 6.42. The van der Waals surface area contributed by atoms with Crippen molar-refractivity contribution in [3.63, 3.8) is 0 Å². The van der Waals surface area contributed by atoms with Gasteiger partial charge in [-0.2, -0.15) is 0 Å². The lowest BCUT2D eigenvalue weighted by Crippen LogP contribution is -2.31. The summed E-state index contributed by atoms with van der Waals surface area (Å²) < 4.78 is 0. The second-order valence-electron chi connectivity index (χ2n) is 8.00. The van der Waals surface area contributed by atoms with Crippen LogP contribution >= 0.6 is 11.6 Å².